The summed E-state index contributed by atoms with van der Waals surface area (Å²) in [4.78, 5) is 31.5. The number of nitrogens with zero attached hydrogens (tertiary/aromatic N) is 1. The highest BCUT2D eigenvalue weighted by molar-refractivity contribution is 8.00. The SMILES string of the molecule is CCOc1ccc2nc(NC(=O)C(Sc3ccc(NC(=O)Cc4ccc(Cl)cc4)cc3)c3ccccc3)sc2c1. The van der Waals surface area contributed by atoms with Gasteiger partial charge in [-0.2, -0.15) is 0 Å². The van der Waals surface area contributed by atoms with Crippen molar-refractivity contribution in [1.82, 2.24) is 4.98 Å². The number of hydrogen-bond acceptors (Lipinski definition) is 6. The van der Waals surface area contributed by atoms with Gasteiger partial charge in [-0.15, -0.1) is 11.8 Å². The molecule has 0 aliphatic heterocycles. The topological polar surface area (TPSA) is 80.3 Å². The molecule has 0 aliphatic carbocycles. The summed E-state index contributed by atoms with van der Waals surface area (Å²) in [5, 5.41) is 6.60. The molecule has 40 heavy (non-hydrogen) atoms. The van der Waals surface area contributed by atoms with Crippen LogP contribution in [0.3, 0.4) is 0 Å². The van der Waals surface area contributed by atoms with E-state index in [1.807, 2.05) is 91.9 Å². The van der Waals surface area contributed by atoms with Gasteiger partial charge in [0.05, 0.1) is 23.2 Å². The number of carbonyl (C=O) groups excluding carboxylic acids is 2. The molecule has 0 saturated heterocycles. The molecule has 0 fully saturated rings. The van der Waals surface area contributed by atoms with Crippen molar-refractivity contribution in [3.8, 4) is 5.75 Å². The number of anilines is 2. The van der Waals surface area contributed by atoms with Gasteiger partial charge in [0.1, 0.15) is 11.0 Å². The van der Waals surface area contributed by atoms with Crippen molar-refractivity contribution in [2.75, 3.05) is 17.2 Å². The molecule has 5 rings (SSSR count). The van der Waals surface area contributed by atoms with E-state index in [1.54, 1.807) is 12.1 Å². The van der Waals surface area contributed by atoms with Gasteiger partial charge in [0.25, 0.3) is 0 Å². The van der Waals surface area contributed by atoms with Crippen LogP contribution in [0.4, 0.5) is 10.8 Å². The summed E-state index contributed by atoms with van der Waals surface area (Å²) in [6.07, 6.45) is 0.253. The third-order valence-corrected chi connectivity index (χ3v) is 8.36. The summed E-state index contributed by atoms with van der Waals surface area (Å²) in [7, 11) is 0. The van der Waals surface area contributed by atoms with Gasteiger partial charge in [0.15, 0.2) is 5.13 Å². The highest BCUT2D eigenvalue weighted by Crippen LogP contribution is 2.38. The Morgan fingerprint density at radius 1 is 0.950 bits per heavy atom. The van der Waals surface area contributed by atoms with Crippen molar-refractivity contribution >= 4 is 67.5 Å². The number of amides is 2. The standard InChI is InChI=1S/C31H26ClN3O3S2/c1-2-38-24-14-17-26-27(19-24)40-31(34-26)35-30(37)29(21-6-4-3-5-7-21)39-25-15-12-23(13-16-25)33-28(36)18-20-8-10-22(32)11-9-20/h3-17,19,29H,2,18H2,1H3,(H,33,36)(H,34,35,37). The minimum atomic E-state index is -0.502. The molecule has 9 heteroatoms. The lowest BCUT2D eigenvalue weighted by atomic mass is 10.1. The summed E-state index contributed by atoms with van der Waals surface area (Å²) in [5.41, 5.74) is 3.25. The van der Waals surface area contributed by atoms with Crippen LogP contribution in [0.25, 0.3) is 10.2 Å². The molecule has 2 amide bonds. The summed E-state index contributed by atoms with van der Waals surface area (Å²) < 4.78 is 6.53. The van der Waals surface area contributed by atoms with Gasteiger partial charge in [-0.25, -0.2) is 4.98 Å². The van der Waals surface area contributed by atoms with Crippen LogP contribution in [0.1, 0.15) is 23.3 Å². The number of rotatable bonds is 10. The van der Waals surface area contributed by atoms with E-state index in [1.165, 1.54) is 23.1 Å². The molecule has 4 aromatic carbocycles. The lowest BCUT2D eigenvalue weighted by Gasteiger charge is -2.16. The molecule has 2 N–H and O–H groups in total. The molecule has 0 radical (unpaired) electrons. The average Bonchev–Trinajstić information content (AvgIpc) is 3.36. The Morgan fingerprint density at radius 3 is 2.42 bits per heavy atom. The van der Waals surface area contributed by atoms with Gasteiger partial charge >= 0.3 is 0 Å². The monoisotopic (exact) mass is 587 g/mol. The Hall–Kier alpha value is -3.85. The molecule has 0 bridgehead atoms. The van der Waals surface area contributed by atoms with Crippen molar-refractivity contribution < 1.29 is 14.3 Å². The predicted molar refractivity (Wildman–Crippen MR) is 165 cm³/mol. The molecule has 1 unspecified atom stereocenters. The molecule has 0 spiro atoms. The lowest BCUT2D eigenvalue weighted by molar-refractivity contribution is -0.116. The quantitative estimate of drug-likeness (QED) is 0.162. The smallest absolute Gasteiger partial charge is 0.244 e. The first kappa shape index (κ1) is 27.7. The molecule has 0 saturated carbocycles. The van der Waals surface area contributed by atoms with Gasteiger partial charge in [-0.1, -0.05) is 65.4 Å². The van der Waals surface area contributed by atoms with E-state index >= 15 is 0 Å². The van der Waals surface area contributed by atoms with Gasteiger partial charge < -0.3 is 15.4 Å². The van der Waals surface area contributed by atoms with Crippen molar-refractivity contribution in [3.05, 3.63) is 113 Å². The van der Waals surface area contributed by atoms with E-state index in [-0.39, 0.29) is 18.2 Å². The number of halogens is 1. The van der Waals surface area contributed by atoms with Gasteiger partial charge in [-0.05, 0) is 72.6 Å². The predicted octanol–water partition coefficient (Wildman–Crippen LogP) is 8.00. The third kappa shape index (κ3) is 7.21. The number of nitrogens with one attached hydrogen (secondary N) is 2. The molecule has 202 valence electrons. The fourth-order valence-electron chi connectivity index (χ4n) is 4.03. The number of fused-ring (bicyclic) bond motifs is 1. The normalized spacial score (nSPS) is 11.7. The molecular formula is C31H26ClN3O3S2. The number of aromatic nitrogens is 1. The average molecular weight is 588 g/mol. The maximum absolute atomic E-state index is 13.5. The van der Waals surface area contributed by atoms with E-state index in [0.717, 1.165) is 32.0 Å². The Bertz CT molecular complexity index is 1610. The van der Waals surface area contributed by atoms with Crippen LogP contribution in [-0.4, -0.2) is 23.4 Å². The minimum absolute atomic E-state index is 0.117. The van der Waals surface area contributed by atoms with Crippen molar-refractivity contribution in [1.29, 1.82) is 0 Å². The molecular weight excluding hydrogens is 562 g/mol. The van der Waals surface area contributed by atoms with Crippen molar-refractivity contribution in [3.63, 3.8) is 0 Å². The van der Waals surface area contributed by atoms with Crippen LogP contribution in [0, 0.1) is 0 Å². The van der Waals surface area contributed by atoms with Crippen LogP contribution in [0.5, 0.6) is 5.75 Å². The van der Waals surface area contributed by atoms with Crippen molar-refractivity contribution in [2.24, 2.45) is 0 Å². The maximum atomic E-state index is 13.5. The summed E-state index contributed by atoms with van der Waals surface area (Å²) in [6.45, 7) is 2.52. The van der Waals surface area contributed by atoms with Gasteiger partial charge in [0, 0.05) is 15.6 Å². The van der Waals surface area contributed by atoms with Crippen LogP contribution < -0.4 is 15.4 Å². The highest BCUT2D eigenvalue weighted by atomic mass is 35.5. The van der Waals surface area contributed by atoms with Crippen LogP contribution >= 0.6 is 34.7 Å². The Labute approximate surface area is 245 Å². The molecule has 1 aromatic heterocycles. The Balaban J connectivity index is 1.27. The van der Waals surface area contributed by atoms with Crippen molar-refractivity contribution in [2.45, 2.75) is 23.5 Å². The highest BCUT2D eigenvalue weighted by Gasteiger charge is 2.23. The van der Waals surface area contributed by atoms with Gasteiger partial charge in [-0.3, -0.25) is 9.59 Å². The lowest BCUT2D eigenvalue weighted by Crippen LogP contribution is -2.19. The number of carbonyl (C=O) groups is 2. The fourth-order valence-corrected chi connectivity index (χ4v) is 6.08. The van der Waals surface area contributed by atoms with E-state index in [9.17, 15) is 9.59 Å². The molecule has 5 aromatic rings. The summed E-state index contributed by atoms with van der Waals surface area (Å²) in [5.74, 6) is 0.493. The molecule has 0 aliphatic rings. The van der Waals surface area contributed by atoms with Crippen LogP contribution in [0.2, 0.25) is 5.02 Å². The minimum Gasteiger partial charge on any atom is -0.494 e. The zero-order valence-corrected chi connectivity index (χ0v) is 24.0. The first-order valence-corrected chi connectivity index (χ1v) is 14.7. The number of benzene rings is 4. The first-order chi connectivity index (χ1) is 19.5. The number of thiazole rings is 1. The van der Waals surface area contributed by atoms with E-state index in [4.69, 9.17) is 16.3 Å². The zero-order valence-electron chi connectivity index (χ0n) is 21.6. The number of ether oxygens (including phenoxy) is 1. The van der Waals surface area contributed by atoms with Crippen LogP contribution in [0.15, 0.2) is 102 Å². The molecule has 6 nitrogen and oxygen atoms in total. The molecule has 1 atom stereocenters. The second kappa shape index (κ2) is 13.0. The van der Waals surface area contributed by atoms with Gasteiger partial charge in [0.2, 0.25) is 11.8 Å². The fraction of sp³-hybridized carbons (Fsp3) is 0.129. The van der Waals surface area contributed by atoms with E-state index in [0.29, 0.717) is 22.4 Å². The van der Waals surface area contributed by atoms with E-state index in [2.05, 4.69) is 15.6 Å². The summed E-state index contributed by atoms with van der Waals surface area (Å²) in [6, 6.07) is 30.0. The van der Waals surface area contributed by atoms with Crippen LogP contribution in [-0.2, 0) is 16.0 Å². The Morgan fingerprint density at radius 2 is 1.70 bits per heavy atom. The third-order valence-electron chi connectivity index (χ3n) is 5.91. The Kier molecular flexibility index (Phi) is 9.01. The second-order valence-electron chi connectivity index (χ2n) is 8.86. The second-order valence-corrected chi connectivity index (χ2v) is 11.5. The zero-order chi connectivity index (χ0) is 27.9. The van der Waals surface area contributed by atoms with E-state index < -0.39 is 5.25 Å². The summed E-state index contributed by atoms with van der Waals surface area (Å²) >= 11 is 8.78. The first-order valence-electron chi connectivity index (χ1n) is 12.7. The molecule has 1 heterocycles. The largest absolute Gasteiger partial charge is 0.494 e. The number of hydrogen-bond donors (Lipinski definition) is 2. The maximum Gasteiger partial charge on any atom is 0.244 e. The number of thioether (sulfide) groups is 1.